The molecule has 0 aromatic heterocycles. The quantitative estimate of drug-likeness (QED) is 0.245. The zero-order chi connectivity index (χ0) is 29.5. The third-order valence-corrected chi connectivity index (χ3v) is 6.44. The lowest BCUT2D eigenvalue weighted by Gasteiger charge is -2.35. The minimum Gasteiger partial charge on any atom is -0.444 e. The first kappa shape index (κ1) is 31.7. The summed E-state index contributed by atoms with van der Waals surface area (Å²) in [4.78, 5) is 34.4. The van der Waals surface area contributed by atoms with Crippen LogP contribution in [0, 0.1) is 0 Å². The predicted molar refractivity (Wildman–Crippen MR) is 162 cm³/mol. The summed E-state index contributed by atoms with van der Waals surface area (Å²) in [5.41, 5.74) is 2.59. The number of ketones is 1. The molecule has 2 aliphatic heterocycles. The number of ether oxygens (including phenoxy) is 1. The molecular formula is C33H42N4O4. The molecule has 3 aromatic rings. The first-order chi connectivity index (χ1) is 19.8. The molecule has 2 heterocycles. The van der Waals surface area contributed by atoms with Crippen molar-refractivity contribution >= 4 is 18.2 Å². The number of benzene rings is 3. The highest BCUT2D eigenvalue weighted by molar-refractivity contribution is 6.33. The number of carbonyl (C=O) groups excluding carboxylic acids is 3. The average molecular weight is 559 g/mol. The van der Waals surface area contributed by atoms with Crippen LogP contribution in [0.3, 0.4) is 0 Å². The predicted octanol–water partition coefficient (Wildman–Crippen LogP) is 4.56. The van der Waals surface area contributed by atoms with Gasteiger partial charge >= 0.3 is 6.09 Å². The first-order valence-corrected chi connectivity index (χ1v) is 14.1. The Labute approximate surface area is 243 Å². The van der Waals surface area contributed by atoms with Crippen molar-refractivity contribution in [1.82, 2.24) is 20.9 Å². The molecule has 218 valence electrons. The topological polar surface area (TPSA) is 99.8 Å². The van der Waals surface area contributed by atoms with Crippen molar-refractivity contribution in [3.63, 3.8) is 0 Å². The molecular weight excluding hydrogens is 516 g/mol. The largest absolute Gasteiger partial charge is 0.444 e. The Morgan fingerprint density at radius 1 is 0.780 bits per heavy atom. The molecule has 41 heavy (non-hydrogen) atoms. The van der Waals surface area contributed by atoms with E-state index in [1.165, 1.54) is 11.1 Å². The Kier molecular flexibility index (Phi) is 12.7. The summed E-state index contributed by atoms with van der Waals surface area (Å²) in [6, 6.07) is 29.9. The molecule has 0 saturated carbocycles. The maximum atomic E-state index is 12.1. The van der Waals surface area contributed by atoms with Gasteiger partial charge in [0, 0.05) is 50.9 Å². The van der Waals surface area contributed by atoms with Crippen molar-refractivity contribution in [2.24, 2.45) is 0 Å². The maximum Gasteiger partial charge on any atom is 0.410 e. The smallest absolute Gasteiger partial charge is 0.410 e. The fourth-order valence-electron chi connectivity index (χ4n) is 4.40. The Bertz CT molecular complexity index is 1190. The Morgan fingerprint density at radius 2 is 1.32 bits per heavy atom. The number of amides is 1. The highest BCUT2D eigenvalue weighted by atomic mass is 16.6. The minimum absolute atomic E-state index is 0.183. The van der Waals surface area contributed by atoms with Crippen LogP contribution in [-0.4, -0.2) is 67.9 Å². The second kappa shape index (κ2) is 16.4. The molecule has 1 amide bonds. The summed E-state index contributed by atoms with van der Waals surface area (Å²) in [5, 5.41) is 10.3. The van der Waals surface area contributed by atoms with Crippen LogP contribution < -0.4 is 16.0 Å². The number of piperazine rings is 2. The van der Waals surface area contributed by atoms with Gasteiger partial charge in [-0.05, 0) is 31.9 Å². The van der Waals surface area contributed by atoms with E-state index in [0.717, 1.165) is 26.2 Å². The SMILES string of the molecule is CC(C)(C)OC(=O)N1CCNC(c2ccccc2)C1.O=CC(=O)c1ccccc1.c1ccc(C2CNCCN2)cc1. The van der Waals surface area contributed by atoms with Gasteiger partial charge in [0.2, 0.25) is 5.78 Å². The molecule has 2 aliphatic rings. The number of Topliss-reactive ketones (excluding diaryl/α,β-unsaturated/α-hetero) is 1. The fraction of sp³-hybridized carbons (Fsp3) is 0.364. The maximum absolute atomic E-state index is 12.1. The summed E-state index contributed by atoms with van der Waals surface area (Å²) in [5.74, 6) is -0.472. The zero-order valence-electron chi connectivity index (χ0n) is 24.2. The Morgan fingerprint density at radius 3 is 1.83 bits per heavy atom. The molecule has 0 radical (unpaired) electrons. The van der Waals surface area contributed by atoms with Crippen molar-refractivity contribution in [1.29, 1.82) is 0 Å². The number of aldehydes is 1. The molecule has 2 unspecified atom stereocenters. The van der Waals surface area contributed by atoms with E-state index < -0.39 is 11.4 Å². The summed E-state index contributed by atoms with van der Waals surface area (Å²) >= 11 is 0. The van der Waals surface area contributed by atoms with Crippen molar-refractivity contribution in [2.45, 2.75) is 38.5 Å². The van der Waals surface area contributed by atoms with E-state index in [1.54, 1.807) is 35.2 Å². The van der Waals surface area contributed by atoms with Gasteiger partial charge in [-0.3, -0.25) is 9.59 Å². The molecule has 3 aromatic carbocycles. The molecule has 3 N–H and O–H groups in total. The van der Waals surface area contributed by atoms with Crippen LogP contribution in [0.1, 0.15) is 54.3 Å². The summed E-state index contributed by atoms with van der Waals surface area (Å²) in [7, 11) is 0. The van der Waals surface area contributed by atoms with E-state index >= 15 is 0 Å². The number of nitrogens with zero attached hydrogens (tertiary/aromatic N) is 1. The Hall–Kier alpha value is -3.85. The molecule has 0 spiro atoms. The van der Waals surface area contributed by atoms with E-state index in [-0.39, 0.29) is 12.1 Å². The zero-order valence-corrected chi connectivity index (χ0v) is 24.2. The molecule has 8 nitrogen and oxygen atoms in total. The van der Waals surface area contributed by atoms with Gasteiger partial charge in [0.1, 0.15) is 5.60 Å². The van der Waals surface area contributed by atoms with Crippen molar-refractivity contribution < 1.29 is 19.1 Å². The molecule has 2 saturated heterocycles. The first-order valence-electron chi connectivity index (χ1n) is 14.1. The number of hydrogen-bond donors (Lipinski definition) is 3. The van der Waals surface area contributed by atoms with Crippen LogP contribution in [-0.2, 0) is 9.53 Å². The van der Waals surface area contributed by atoms with E-state index in [2.05, 4.69) is 58.4 Å². The summed E-state index contributed by atoms with van der Waals surface area (Å²) in [6.07, 6.45) is 0.0879. The number of rotatable bonds is 4. The van der Waals surface area contributed by atoms with E-state index in [4.69, 9.17) is 4.74 Å². The van der Waals surface area contributed by atoms with Crippen molar-refractivity contribution in [3.8, 4) is 0 Å². The molecule has 2 fully saturated rings. The van der Waals surface area contributed by atoms with Crippen LogP contribution >= 0.6 is 0 Å². The number of nitrogens with one attached hydrogen (secondary N) is 3. The van der Waals surface area contributed by atoms with Gasteiger partial charge in [-0.1, -0.05) is 91.0 Å². The third kappa shape index (κ3) is 11.3. The van der Waals surface area contributed by atoms with Gasteiger partial charge in [-0.15, -0.1) is 0 Å². The van der Waals surface area contributed by atoms with Crippen LogP contribution in [0.25, 0.3) is 0 Å². The van der Waals surface area contributed by atoms with Gasteiger partial charge in [-0.25, -0.2) is 4.79 Å². The summed E-state index contributed by atoms with van der Waals surface area (Å²) < 4.78 is 5.42. The van der Waals surface area contributed by atoms with Crippen LogP contribution in [0.15, 0.2) is 91.0 Å². The number of hydrogen-bond acceptors (Lipinski definition) is 7. The highest BCUT2D eigenvalue weighted by Gasteiger charge is 2.27. The fourth-order valence-corrected chi connectivity index (χ4v) is 4.40. The molecule has 0 bridgehead atoms. The molecule has 5 rings (SSSR count). The lowest BCUT2D eigenvalue weighted by Crippen LogP contribution is -2.49. The van der Waals surface area contributed by atoms with Crippen LogP contribution in [0.2, 0.25) is 0 Å². The van der Waals surface area contributed by atoms with Gasteiger partial charge in [0.05, 0.1) is 6.04 Å². The normalized spacial score (nSPS) is 18.5. The monoisotopic (exact) mass is 558 g/mol. The lowest BCUT2D eigenvalue weighted by molar-refractivity contribution is -0.104. The van der Waals surface area contributed by atoms with Gasteiger partial charge in [0.25, 0.3) is 0 Å². The molecule has 0 aliphatic carbocycles. The number of carbonyl (C=O) groups is 3. The van der Waals surface area contributed by atoms with Gasteiger partial charge < -0.3 is 25.6 Å². The molecule has 8 heteroatoms. The lowest BCUT2D eigenvalue weighted by atomic mass is 10.1. The summed E-state index contributed by atoms with van der Waals surface area (Å²) in [6.45, 7) is 11.0. The Balaban J connectivity index is 0.000000181. The van der Waals surface area contributed by atoms with Crippen molar-refractivity contribution in [3.05, 3.63) is 108 Å². The third-order valence-electron chi connectivity index (χ3n) is 6.44. The molecule has 2 atom stereocenters. The van der Waals surface area contributed by atoms with Gasteiger partial charge in [-0.2, -0.15) is 0 Å². The minimum atomic E-state index is -0.472. The second-order valence-corrected chi connectivity index (χ2v) is 10.8. The van der Waals surface area contributed by atoms with E-state index in [0.29, 0.717) is 31.0 Å². The van der Waals surface area contributed by atoms with E-state index in [9.17, 15) is 14.4 Å². The van der Waals surface area contributed by atoms with Gasteiger partial charge in [0.15, 0.2) is 6.29 Å². The van der Waals surface area contributed by atoms with Crippen LogP contribution in [0.5, 0.6) is 0 Å². The van der Waals surface area contributed by atoms with Crippen LogP contribution in [0.4, 0.5) is 4.79 Å². The van der Waals surface area contributed by atoms with E-state index in [1.807, 2.05) is 39.0 Å². The standard InChI is InChI=1S/C15H22N2O2.C10H14N2.C8H6O2/c1-15(2,3)19-14(18)17-10-9-16-13(11-17)12-7-5-4-6-8-12;1-2-4-9(5-3-1)10-8-11-6-7-12-10;9-6-8(10)7-4-2-1-3-5-7/h4-8,13,16H,9-11H2,1-3H3;1-5,10-12H,6-8H2;1-6H. The highest BCUT2D eigenvalue weighted by Crippen LogP contribution is 2.19. The second-order valence-electron chi connectivity index (χ2n) is 10.8. The average Bonchev–Trinajstić information content (AvgIpc) is 3.02. The van der Waals surface area contributed by atoms with Crippen molar-refractivity contribution in [2.75, 3.05) is 39.3 Å².